The van der Waals surface area contributed by atoms with Crippen molar-refractivity contribution in [3.8, 4) is 0 Å². The van der Waals surface area contributed by atoms with Crippen molar-refractivity contribution in [2.24, 2.45) is 11.8 Å². The third kappa shape index (κ3) is 7.02. The molecule has 3 saturated heterocycles. The molecule has 0 bridgehead atoms. The Hall–Kier alpha value is -4.12. The molecule has 4 aliphatic rings. The summed E-state index contributed by atoms with van der Waals surface area (Å²) >= 11 is 0. The van der Waals surface area contributed by atoms with E-state index in [4.69, 9.17) is 0 Å². The van der Waals surface area contributed by atoms with Crippen molar-refractivity contribution in [1.29, 1.82) is 0 Å². The molecule has 11 heteroatoms. The molecule has 1 aromatic heterocycles. The van der Waals surface area contributed by atoms with Gasteiger partial charge in [0.25, 0.3) is 0 Å². The molecule has 4 aliphatic heterocycles. The van der Waals surface area contributed by atoms with Crippen molar-refractivity contribution < 1.29 is 14.4 Å². The quantitative estimate of drug-likeness (QED) is 0.359. The second kappa shape index (κ2) is 14.2. The van der Waals surface area contributed by atoms with Crippen molar-refractivity contribution >= 4 is 34.6 Å². The van der Waals surface area contributed by atoms with E-state index in [-0.39, 0.29) is 24.0 Å². The number of urea groups is 2. The number of piperidine rings is 3. The highest BCUT2D eigenvalue weighted by Crippen LogP contribution is 2.33. The van der Waals surface area contributed by atoms with Crippen LogP contribution in [0.3, 0.4) is 0 Å². The topological polar surface area (TPSA) is 117 Å². The average molecular weight is 655 g/mol. The van der Waals surface area contributed by atoms with Gasteiger partial charge in [-0.25, -0.2) is 9.59 Å². The molecule has 5 amide bonds. The lowest BCUT2D eigenvalue weighted by Crippen LogP contribution is -2.57. The number of nitrogens with one attached hydrogen (secondary N) is 3. The van der Waals surface area contributed by atoms with Crippen molar-refractivity contribution in [2.45, 2.75) is 70.4 Å². The van der Waals surface area contributed by atoms with E-state index in [1.54, 1.807) is 0 Å². The largest absolute Gasteiger partial charge is 0.341 e. The zero-order valence-electron chi connectivity index (χ0n) is 28.4. The van der Waals surface area contributed by atoms with Gasteiger partial charge in [0.15, 0.2) is 0 Å². The van der Waals surface area contributed by atoms with Gasteiger partial charge < -0.3 is 30.2 Å². The number of rotatable bonds is 6. The summed E-state index contributed by atoms with van der Waals surface area (Å²) in [6.07, 6.45) is 9.00. The first-order valence-corrected chi connectivity index (χ1v) is 17.9. The number of hydrogen-bond acceptors (Lipinski definition) is 5. The fraction of sp³-hybridized carbons (Fsp3) is 0.568. The molecular formula is C37H50N8O3. The van der Waals surface area contributed by atoms with E-state index in [0.29, 0.717) is 44.8 Å². The monoisotopic (exact) mass is 654 g/mol. The van der Waals surface area contributed by atoms with Crippen LogP contribution in [0, 0.1) is 18.8 Å². The van der Waals surface area contributed by atoms with Crippen LogP contribution in [0.2, 0.25) is 0 Å². The number of fused-ring (bicyclic) bond motifs is 2. The fourth-order valence-corrected chi connectivity index (χ4v) is 8.54. The first kappa shape index (κ1) is 32.4. The second-order valence-corrected chi connectivity index (χ2v) is 14.5. The summed E-state index contributed by atoms with van der Waals surface area (Å²) in [6.45, 7) is 7.59. The lowest BCUT2D eigenvalue weighted by molar-refractivity contribution is -0.135. The van der Waals surface area contributed by atoms with Gasteiger partial charge in [-0.2, -0.15) is 5.10 Å². The van der Waals surface area contributed by atoms with Gasteiger partial charge in [-0.05, 0) is 113 Å². The molecule has 0 aliphatic carbocycles. The van der Waals surface area contributed by atoms with Crippen LogP contribution in [0.5, 0.6) is 0 Å². The van der Waals surface area contributed by atoms with Crippen molar-refractivity contribution in [3.05, 3.63) is 59.3 Å². The molecule has 0 radical (unpaired) electrons. The maximum Gasteiger partial charge on any atom is 0.322 e. The number of amides is 5. The van der Waals surface area contributed by atoms with Gasteiger partial charge in [0, 0.05) is 56.3 Å². The molecule has 3 fully saturated rings. The van der Waals surface area contributed by atoms with E-state index >= 15 is 0 Å². The number of anilines is 1. The van der Waals surface area contributed by atoms with Crippen LogP contribution in [0.25, 0.3) is 10.9 Å². The maximum absolute atomic E-state index is 14.2. The van der Waals surface area contributed by atoms with E-state index in [2.05, 4.69) is 51.0 Å². The summed E-state index contributed by atoms with van der Waals surface area (Å²) in [4.78, 5) is 49.3. The minimum absolute atomic E-state index is 0.00538. The Labute approximate surface area is 283 Å². The predicted octanol–water partition coefficient (Wildman–Crippen LogP) is 4.63. The van der Waals surface area contributed by atoms with Crippen molar-refractivity contribution in [2.75, 3.05) is 58.2 Å². The predicted molar refractivity (Wildman–Crippen MR) is 187 cm³/mol. The van der Waals surface area contributed by atoms with Crippen LogP contribution >= 0.6 is 0 Å². The van der Waals surface area contributed by atoms with Gasteiger partial charge >= 0.3 is 12.1 Å². The highest BCUT2D eigenvalue weighted by molar-refractivity contribution is 5.91. The minimum Gasteiger partial charge on any atom is -0.341 e. The van der Waals surface area contributed by atoms with Gasteiger partial charge in [0.05, 0.1) is 11.7 Å². The molecule has 3 aromatic rings. The number of aryl methyl sites for hydroxylation is 1. The first-order chi connectivity index (χ1) is 23.3. The minimum atomic E-state index is -0.659. The summed E-state index contributed by atoms with van der Waals surface area (Å²) in [5.41, 5.74) is 5.10. The molecule has 256 valence electrons. The Balaban J connectivity index is 0.996. The fourth-order valence-electron chi connectivity index (χ4n) is 8.54. The van der Waals surface area contributed by atoms with Gasteiger partial charge in [0.2, 0.25) is 5.91 Å². The number of para-hydroxylation sites is 1. The van der Waals surface area contributed by atoms with E-state index < -0.39 is 6.04 Å². The first-order valence-electron chi connectivity index (χ1n) is 17.9. The SMILES string of the molecule is Cc1cc(CC(NC(=O)N2CCC(N3CCc4ccccc4NC3=O)CC2)C(=O)N2CCC(C3CCN(C)CC3)CC2)cc2cn[nH]c12. The molecule has 5 heterocycles. The Morgan fingerprint density at radius 1 is 0.917 bits per heavy atom. The van der Waals surface area contributed by atoms with E-state index in [1.165, 1.54) is 12.8 Å². The van der Waals surface area contributed by atoms with Gasteiger partial charge in [0.1, 0.15) is 6.04 Å². The maximum atomic E-state index is 14.2. The molecule has 3 N–H and O–H groups in total. The Morgan fingerprint density at radius 2 is 1.60 bits per heavy atom. The third-order valence-corrected chi connectivity index (χ3v) is 11.5. The number of nitrogens with zero attached hydrogens (tertiary/aromatic N) is 5. The number of aromatic nitrogens is 2. The van der Waals surface area contributed by atoms with E-state index in [0.717, 1.165) is 84.6 Å². The number of carbonyl (C=O) groups is 3. The lowest BCUT2D eigenvalue weighted by Gasteiger charge is -2.41. The van der Waals surface area contributed by atoms with Crippen LogP contribution in [0.4, 0.5) is 15.3 Å². The van der Waals surface area contributed by atoms with Crippen LogP contribution in [0.15, 0.2) is 42.6 Å². The second-order valence-electron chi connectivity index (χ2n) is 14.5. The highest BCUT2D eigenvalue weighted by Gasteiger charge is 2.36. The van der Waals surface area contributed by atoms with Gasteiger partial charge in [-0.3, -0.25) is 9.89 Å². The summed E-state index contributed by atoms with van der Waals surface area (Å²) in [6, 6.07) is 11.3. The molecule has 1 atom stereocenters. The van der Waals surface area contributed by atoms with Crippen LogP contribution in [-0.4, -0.2) is 113 Å². The molecule has 11 nitrogen and oxygen atoms in total. The molecule has 0 spiro atoms. The Bertz CT molecular complexity index is 1620. The van der Waals surface area contributed by atoms with Crippen LogP contribution < -0.4 is 10.6 Å². The number of likely N-dealkylation sites (tertiary alicyclic amines) is 3. The molecule has 7 rings (SSSR count). The van der Waals surface area contributed by atoms with Crippen LogP contribution in [-0.2, 0) is 17.6 Å². The standard InChI is InChI=1S/C37H50N8O3/c1-25-21-26(22-30-24-38-41-34(25)30)23-33(35(46)43-16-9-28(10-17-43)27-7-14-42(2)15-8-27)40-36(47)44-18-12-31(13-19-44)45-20-11-29-5-3-4-6-32(29)39-37(45)48/h3-6,21-22,24,27-28,31,33H,7-20,23H2,1-2H3,(H,38,41)(H,39,48)(H,40,47). The molecule has 0 saturated carbocycles. The average Bonchev–Trinajstić information content (AvgIpc) is 3.52. The normalized spacial score (nSPS) is 21.1. The molecule has 2 aromatic carbocycles. The highest BCUT2D eigenvalue weighted by atomic mass is 16.2. The smallest absolute Gasteiger partial charge is 0.322 e. The van der Waals surface area contributed by atoms with Gasteiger partial charge in [-0.15, -0.1) is 0 Å². The summed E-state index contributed by atoms with van der Waals surface area (Å²) < 4.78 is 0. The van der Waals surface area contributed by atoms with Gasteiger partial charge in [-0.1, -0.05) is 24.3 Å². The Morgan fingerprint density at radius 3 is 2.35 bits per heavy atom. The molecular weight excluding hydrogens is 604 g/mol. The number of carbonyl (C=O) groups excluding carboxylic acids is 3. The van der Waals surface area contributed by atoms with E-state index in [9.17, 15) is 14.4 Å². The summed E-state index contributed by atoms with van der Waals surface area (Å²) in [7, 11) is 2.20. The summed E-state index contributed by atoms with van der Waals surface area (Å²) in [5.74, 6) is 1.42. The molecule has 1 unspecified atom stereocenters. The lowest BCUT2D eigenvalue weighted by atomic mass is 9.79. The Kier molecular flexibility index (Phi) is 9.57. The van der Waals surface area contributed by atoms with Crippen molar-refractivity contribution in [3.63, 3.8) is 0 Å². The molecule has 48 heavy (non-hydrogen) atoms. The number of benzene rings is 2. The number of H-pyrrole nitrogens is 1. The zero-order valence-corrected chi connectivity index (χ0v) is 28.4. The third-order valence-electron chi connectivity index (χ3n) is 11.5. The van der Waals surface area contributed by atoms with Crippen molar-refractivity contribution in [1.82, 2.24) is 35.1 Å². The zero-order chi connectivity index (χ0) is 33.2. The number of aromatic amines is 1. The van der Waals surface area contributed by atoms with Crippen LogP contribution in [0.1, 0.15) is 55.2 Å². The number of hydrogen-bond donors (Lipinski definition) is 3. The van der Waals surface area contributed by atoms with E-state index in [1.807, 2.05) is 46.0 Å². The summed E-state index contributed by atoms with van der Waals surface area (Å²) in [5, 5.41) is 14.5.